The van der Waals surface area contributed by atoms with Crippen LogP contribution in [0.5, 0.6) is 17.2 Å². The van der Waals surface area contributed by atoms with Crippen molar-refractivity contribution in [3.63, 3.8) is 0 Å². The molecule has 2 atom stereocenters. The molecule has 1 heterocycles. The Hall–Kier alpha value is -3.49. The van der Waals surface area contributed by atoms with Crippen molar-refractivity contribution in [1.82, 2.24) is 4.57 Å². The van der Waals surface area contributed by atoms with Gasteiger partial charge in [0, 0.05) is 29.9 Å². The average molecular weight is 1090 g/mol. The lowest BCUT2D eigenvalue weighted by atomic mass is 10.0. The van der Waals surface area contributed by atoms with E-state index in [1.54, 1.807) is 45.4 Å². The SMILES string of the molecule is CCOC(=O)C(C=N[C@H](CO[Si](C)(C)C(C)(C)C)C(C)C)=C(O)c1cc(Br)c(OC)cc1OC.CCOC(=O)c1cn([C@H](CO[Si](C)(C)C(C)(C)C)C(C)C)c2cc(OC)c(Br)cc2c1=O. The van der Waals surface area contributed by atoms with Crippen molar-refractivity contribution in [3.05, 3.63) is 66.3 Å². The number of halogens is 2. The summed E-state index contributed by atoms with van der Waals surface area (Å²) in [4.78, 5) is 43.2. The molecule has 1 N–H and O–H groups in total. The summed E-state index contributed by atoms with van der Waals surface area (Å²) in [5.41, 5.74) is 0.611. The summed E-state index contributed by atoms with van der Waals surface area (Å²) in [6.45, 7) is 35.0. The number of ether oxygens (including phenoxy) is 5. The van der Waals surface area contributed by atoms with Gasteiger partial charge in [-0.25, -0.2) is 9.59 Å². The summed E-state index contributed by atoms with van der Waals surface area (Å²) in [7, 11) is 0.628. The molecule has 0 amide bonds. The topological polar surface area (TPSA) is 153 Å². The van der Waals surface area contributed by atoms with Gasteiger partial charge in [0.1, 0.15) is 34.1 Å². The van der Waals surface area contributed by atoms with E-state index in [1.165, 1.54) is 20.4 Å². The highest BCUT2D eigenvalue weighted by atomic mass is 79.9. The van der Waals surface area contributed by atoms with Gasteiger partial charge < -0.3 is 42.2 Å². The third-order valence-corrected chi connectivity index (χ3v) is 22.7. The van der Waals surface area contributed by atoms with Crippen LogP contribution in [-0.2, 0) is 23.1 Å². The molecule has 0 saturated heterocycles. The van der Waals surface area contributed by atoms with Crippen molar-refractivity contribution in [3.8, 4) is 17.2 Å². The molecule has 0 radical (unpaired) electrons. The van der Waals surface area contributed by atoms with Crippen molar-refractivity contribution in [2.45, 2.75) is 131 Å². The number of aliphatic hydroxyl groups excluding tert-OH is 1. The van der Waals surface area contributed by atoms with Gasteiger partial charge in [-0.05, 0) is 106 Å². The molecule has 370 valence electrons. The Morgan fingerprint density at radius 3 is 1.71 bits per heavy atom. The number of rotatable bonds is 19. The van der Waals surface area contributed by atoms with Gasteiger partial charge in [0.05, 0.1) is 79.9 Å². The minimum absolute atomic E-state index is 0.0226. The van der Waals surface area contributed by atoms with Crippen LogP contribution in [0.25, 0.3) is 16.7 Å². The van der Waals surface area contributed by atoms with Crippen molar-refractivity contribution < 1.29 is 47.2 Å². The molecule has 13 nitrogen and oxygen atoms in total. The lowest BCUT2D eigenvalue weighted by Crippen LogP contribution is -2.43. The lowest BCUT2D eigenvalue weighted by molar-refractivity contribution is -0.137. The fraction of sp³-hybridized carbons (Fsp3) is 0.592. The highest BCUT2D eigenvalue weighted by molar-refractivity contribution is 9.11. The fourth-order valence-electron chi connectivity index (χ4n) is 5.94. The van der Waals surface area contributed by atoms with Crippen molar-refractivity contribution in [1.29, 1.82) is 0 Å². The summed E-state index contributed by atoms with van der Waals surface area (Å²) in [5, 5.41) is 11.7. The number of pyridine rings is 1. The normalized spacial score (nSPS) is 13.9. The Labute approximate surface area is 412 Å². The van der Waals surface area contributed by atoms with Gasteiger partial charge in [-0.2, -0.15) is 0 Å². The van der Waals surface area contributed by atoms with Crippen LogP contribution < -0.4 is 19.6 Å². The van der Waals surface area contributed by atoms with E-state index in [0.29, 0.717) is 55.9 Å². The Bertz CT molecular complexity index is 2260. The van der Waals surface area contributed by atoms with Gasteiger partial charge >= 0.3 is 11.9 Å². The summed E-state index contributed by atoms with van der Waals surface area (Å²) < 4.78 is 42.7. The van der Waals surface area contributed by atoms with Crippen LogP contribution in [0.4, 0.5) is 0 Å². The van der Waals surface area contributed by atoms with Crippen molar-refractivity contribution >= 4 is 83.3 Å². The maximum absolute atomic E-state index is 13.2. The third kappa shape index (κ3) is 15.0. The zero-order valence-corrected chi connectivity index (χ0v) is 48.0. The highest BCUT2D eigenvalue weighted by Crippen LogP contribution is 2.40. The molecule has 1 aromatic heterocycles. The zero-order chi connectivity index (χ0) is 50.7. The monoisotopic (exact) mass is 1080 g/mol. The van der Waals surface area contributed by atoms with E-state index >= 15 is 0 Å². The maximum atomic E-state index is 13.2. The predicted octanol–water partition coefficient (Wildman–Crippen LogP) is 12.6. The molecule has 0 aliphatic heterocycles. The van der Waals surface area contributed by atoms with Crippen molar-refractivity contribution in [2.75, 3.05) is 47.8 Å². The van der Waals surface area contributed by atoms with Crippen LogP contribution in [-0.4, -0.2) is 98.3 Å². The number of aliphatic hydroxyl groups is 1. The highest BCUT2D eigenvalue weighted by Gasteiger charge is 2.39. The van der Waals surface area contributed by atoms with Crippen LogP contribution in [0, 0.1) is 11.8 Å². The van der Waals surface area contributed by atoms with Gasteiger partial charge in [-0.15, -0.1) is 0 Å². The van der Waals surface area contributed by atoms with E-state index in [4.69, 9.17) is 32.5 Å². The summed E-state index contributed by atoms with van der Waals surface area (Å²) in [6.07, 6.45) is 3.00. The number of methoxy groups -OCH3 is 3. The van der Waals surface area contributed by atoms with Crippen LogP contribution in [0.15, 0.2) is 54.8 Å². The van der Waals surface area contributed by atoms with Gasteiger partial charge in [0.15, 0.2) is 16.6 Å². The lowest BCUT2D eigenvalue weighted by Gasteiger charge is -2.38. The maximum Gasteiger partial charge on any atom is 0.343 e. The molecule has 0 aliphatic carbocycles. The van der Waals surface area contributed by atoms with Gasteiger partial charge in [-0.1, -0.05) is 69.2 Å². The minimum Gasteiger partial charge on any atom is -0.506 e. The van der Waals surface area contributed by atoms with E-state index in [1.807, 2.05) is 24.5 Å². The number of benzene rings is 2. The molecule has 0 spiro atoms. The Morgan fingerprint density at radius 1 is 0.742 bits per heavy atom. The molecule has 17 heteroatoms. The number of esters is 2. The molecule has 3 rings (SSSR count). The summed E-state index contributed by atoms with van der Waals surface area (Å²) in [6, 6.07) is 6.50. The summed E-state index contributed by atoms with van der Waals surface area (Å²) >= 11 is 6.88. The fourth-order valence-corrected chi connectivity index (χ4v) is 8.99. The molecule has 0 aliphatic rings. The Kier molecular flexibility index (Phi) is 21.9. The second kappa shape index (κ2) is 24.7. The Balaban J connectivity index is 0.000000454. The van der Waals surface area contributed by atoms with Crippen LogP contribution >= 0.6 is 31.9 Å². The first-order chi connectivity index (χ1) is 30.4. The molecule has 0 saturated carbocycles. The largest absolute Gasteiger partial charge is 0.506 e. The quantitative estimate of drug-likeness (QED) is 0.0401. The van der Waals surface area contributed by atoms with Crippen LogP contribution in [0.2, 0.25) is 36.3 Å². The predicted molar refractivity (Wildman–Crippen MR) is 279 cm³/mol. The van der Waals surface area contributed by atoms with E-state index < -0.39 is 28.6 Å². The second-order valence-electron chi connectivity index (χ2n) is 19.7. The molecule has 2 aromatic carbocycles. The average Bonchev–Trinajstić information content (AvgIpc) is 3.21. The first kappa shape index (κ1) is 58.6. The van der Waals surface area contributed by atoms with Crippen molar-refractivity contribution in [2.24, 2.45) is 16.8 Å². The first-order valence-corrected chi connectivity index (χ1v) is 29.8. The standard InChI is InChI=1S/C25H40BrNO6Si.C24H36BrNO5Si/c1-11-32-24(29)18(23(28)17-12-19(26)22(31-8)13-21(17)30-7)14-27-20(16(2)3)15-33-34(9,10)25(4,5)6;1-10-30-23(28)17-13-26(19-12-21(29-7)18(25)11-16(19)22(17)27)20(15(2)3)14-31-32(8,9)24(4,5)6/h12-14,16,20,28H,11,15H2,1-10H3;11-13,15,20H,10,14H2,1-9H3/t2*20-/m11/s1. The second-order valence-corrected chi connectivity index (χ2v) is 31.0. The number of nitrogens with zero attached hydrogens (tertiary/aromatic N) is 2. The van der Waals surface area contributed by atoms with Gasteiger partial charge in [0.2, 0.25) is 5.43 Å². The van der Waals surface area contributed by atoms with Crippen LogP contribution in [0.3, 0.4) is 0 Å². The van der Waals surface area contributed by atoms with Crippen LogP contribution in [0.1, 0.15) is 105 Å². The smallest absolute Gasteiger partial charge is 0.343 e. The minimum atomic E-state index is -2.00. The summed E-state index contributed by atoms with van der Waals surface area (Å²) in [5.74, 6) is 0.249. The molecular weight excluding hydrogens is 1010 g/mol. The van der Waals surface area contributed by atoms with E-state index in [2.05, 4.69) is 118 Å². The number of carbonyl (C=O) groups excluding carboxylic acids is 2. The number of carbonyl (C=O) groups is 2. The molecule has 3 aromatic rings. The number of hydrogen-bond donors (Lipinski definition) is 1. The molecule has 66 heavy (non-hydrogen) atoms. The Morgan fingerprint density at radius 2 is 1.24 bits per heavy atom. The van der Waals surface area contributed by atoms with E-state index in [-0.39, 0.29) is 69.5 Å². The van der Waals surface area contributed by atoms with E-state index in [0.717, 1.165) is 0 Å². The van der Waals surface area contributed by atoms with E-state index in [9.17, 15) is 19.5 Å². The number of fused-ring (bicyclic) bond motifs is 1. The van der Waals surface area contributed by atoms with Gasteiger partial charge in [-0.3, -0.25) is 9.79 Å². The first-order valence-electron chi connectivity index (χ1n) is 22.4. The third-order valence-electron chi connectivity index (χ3n) is 12.4. The molecule has 0 fully saturated rings. The number of aliphatic imine (C=N–C) groups is 1. The zero-order valence-electron chi connectivity index (χ0n) is 42.8. The molecular formula is C49H76Br2N2O11Si2. The van der Waals surface area contributed by atoms with Gasteiger partial charge in [0.25, 0.3) is 0 Å². The molecule has 0 unspecified atom stereocenters. The molecule has 0 bridgehead atoms. The number of hydrogen-bond acceptors (Lipinski definition) is 12. The number of aromatic nitrogens is 1.